The molecule has 1 aliphatic rings. The molecule has 0 N–H and O–H groups in total. The molecular formula is C18H20N4OS. The van der Waals surface area contributed by atoms with E-state index in [0.29, 0.717) is 11.0 Å². The van der Waals surface area contributed by atoms with E-state index in [0.717, 1.165) is 43.1 Å². The van der Waals surface area contributed by atoms with Crippen LogP contribution in [0.3, 0.4) is 0 Å². The summed E-state index contributed by atoms with van der Waals surface area (Å²) in [6.07, 6.45) is 4.06. The number of benzene rings is 1. The van der Waals surface area contributed by atoms with Gasteiger partial charge >= 0.3 is 0 Å². The molecule has 5 nitrogen and oxygen atoms in total. The lowest BCUT2D eigenvalue weighted by molar-refractivity contribution is 0.708. The number of anilines is 1. The third-order valence-electron chi connectivity index (χ3n) is 4.48. The molecule has 0 aliphatic carbocycles. The van der Waals surface area contributed by atoms with Crippen molar-refractivity contribution in [2.75, 3.05) is 11.4 Å². The van der Waals surface area contributed by atoms with Crippen LogP contribution in [0.15, 0.2) is 41.2 Å². The Kier molecular flexibility index (Phi) is 4.06. The Balaban J connectivity index is 1.73. The zero-order valence-corrected chi connectivity index (χ0v) is 14.5. The molecule has 1 saturated heterocycles. The fourth-order valence-electron chi connectivity index (χ4n) is 3.36. The maximum Gasteiger partial charge on any atom is 0.275 e. The minimum Gasteiger partial charge on any atom is -0.340 e. The van der Waals surface area contributed by atoms with Gasteiger partial charge in [0.2, 0.25) is 10.1 Å². The summed E-state index contributed by atoms with van der Waals surface area (Å²) in [6.45, 7) is 3.06. The second-order valence-electron chi connectivity index (χ2n) is 6.18. The van der Waals surface area contributed by atoms with Gasteiger partial charge in [-0.15, -0.1) is 5.10 Å². The smallest absolute Gasteiger partial charge is 0.275 e. The van der Waals surface area contributed by atoms with Gasteiger partial charge in [0.1, 0.15) is 0 Å². The fourth-order valence-corrected chi connectivity index (χ4v) is 4.37. The summed E-state index contributed by atoms with van der Waals surface area (Å²) in [6, 6.07) is 12.5. The summed E-state index contributed by atoms with van der Waals surface area (Å²) in [5.41, 5.74) is 2.08. The van der Waals surface area contributed by atoms with Crippen molar-refractivity contribution in [2.24, 2.45) is 0 Å². The summed E-state index contributed by atoms with van der Waals surface area (Å²) in [7, 11) is 0. The molecule has 124 valence electrons. The lowest BCUT2D eigenvalue weighted by Gasteiger charge is -2.23. The molecule has 0 saturated carbocycles. The minimum atomic E-state index is -0.0820. The van der Waals surface area contributed by atoms with Gasteiger partial charge in [-0.3, -0.25) is 4.79 Å². The van der Waals surface area contributed by atoms with E-state index >= 15 is 0 Å². The Labute approximate surface area is 144 Å². The number of aryl methyl sites for hydroxylation is 1. The standard InChI is InChI=1S/C18H20N4OS/c1-2-7-14-12-16(23)22-17(19-14)24-18(20-22)21-11-6-10-15(21)13-8-4-3-5-9-13/h3-5,8-9,12,15H,2,6-7,10-11H2,1H3. The van der Waals surface area contributed by atoms with Crippen LogP contribution in [0.4, 0.5) is 5.13 Å². The number of rotatable bonds is 4. The highest BCUT2D eigenvalue weighted by Crippen LogP contribution is 2.37. The molecule has 0 spiro atoms. The Morgan fingerprint density at radius 2 is 2.12 bits per heavy atom. The summed E-state index contributed by atoms with van der Waals surface area (Å²) in [4.78, 5) is 19.9. The van der Waals surface area contributed by atoms with Crippen LogP contribution in [0.25, 0.3) is 4.96 Å². The first-order valence-electron chi connectivity index (χ1n) is 8.47. The maximum atomic E-state index is 12.3. The van der Waals surface area contributed by atoms with Crippen LogP contribution in [0.5, 0.6) is 0 Å². The normalized spacial score (nSPS) is 17.7. The van der Waals surface area contributed by atoms with Crippen molar-refractivity contribution in [2.45, 2.75) is 38.6 Å². The third-order valence-corrected chi connectivity index (χ3v) is 5.42. The number of hydrogen-bond donors (Lipinski definition) is 0. The Morgan fingerprint density at radius 3 is 2.92 bits per heavy atom. The topological polar surface area (TPSA) is 50.5 Å². The van der Waals surface area contributed by atoms with Gasteiger partial charge in [-0.25, -0.2) is 4.98 Å². The Bertz CT molecular complexity index is 902. The molecule has 1 aromatic carbocycles. The first kappa shape index (κ1) is 15.3. The predicted octanol–water partition coefficient (Wildman–Crippen LogP) is 3.45. The summed E-state index contributed by atoms with van der Waals surface area (Å²) in [5.74, 6) is 0. The van der Waals surface area contributed by atoms with Gasteiger partial charge in [0.15, 0.2) is 0 Å². The fraction of sp³-hybridized carbons (Fsp3) is 0.389. The molecule has 0 amide bonds. The average molecular weight is 340 g/mol. The van der Waals surface area contributed by atoms with Gasteiger partial charge in [-0.2, -0.15) is 4.52 Å². The van der Waals surface area contributed by atoms with Crippen molar-refractivity contribution >= 4 is 21.4 Å². The molecule has 2 aromatic heterocycles. The van der Waals surface area contributed by atoms with Gasteiger partial charge in [-0.1, -0.05) is 55.0 Å². The van der Waals surface area contributed by atoms with E-state index in [-0.39, 0.29) is 5.56 Å². The summed E-state index contributed by atoms with van der Waals surface area (Å²) >= 11 is 1.51. The molecule has 1 unspecified atom stereocenters. The van der Waals surface area contributed by atoms with Crippen molar-refractivity contribution in [1.29, 1.82) is 0 Å². The van der Waals surface area contributed by atoms with Crippen molar-refractivity contribution in [1.82, 2.24) is 14.6 Å². The molecule has 24 heavy (non-hydrogen) atoms. The van der Waals surface area contributed by atoms with E-state index in [1.54, 1.807) is 6.07 Å². The number of fused-ring (bicyclic) bond motifs is 1. The van der Waals surface area contributed by atoms with Gasteiger partial charge in [-0.05, 0) is 24.8 Å². The maximum absolute atomic E-state index is 12.3. The molecule has 1 aliphatic heterocycles. The third kappa shape index (κ3) is 2.71. The van der Waals surface area contributed by atoms with E-state index in [9.17, 15) is 4.79 Å². The van der Waals surface area contributed by atoms with E-state index in [4.69, 9.17) is 0 Å². The van der Waals surface area contributed by atoms with Crippen molar-refractivity contribution in [3.05, 3.63) is 58.0 Å². The quantitative estimate of drug-likeness (QED) is 0.730. The monoisotopic (exact) mass is 340 g/mol. The van der Waals surface area contributed by atoms with Crippen LogP contribution in [-0.4, -0.2) is 21.1 Å². The molecule has 1 fully saturated rings. The average Bonchev–Trinajstić information content (AvgIpc) is 3.22. The molecule has 3 aromatic rings. The first-order valence-corrected chi connectivity index (χ1v) is 9.29. The van der Waals surface area contributed by atoms with Gasteiger partial charge in [0.05, 0.1) is 6.04 Å². The Hall–Kier alpha value is -2.21. The van der Waals surface area contributed by atoms with Crippen LogP contribution >= 0.6 is 11.3 Å². The molecule has 4 rings (SSSR count). The lowest BCUT2D eigenvalue weighted by Crippen LogP contribution is -2.23. The minimum absolute atomic E-state index is 0.0820. The summed E-state index contributed by atoms with van der Waals surface area (Å²) in [5, 5.41) is 5.45. The van der Waals surface area contributed by atoms with E-state index in [1.807, 2.05) is 6.07 Å². The van der Waals surface area contributed by atoms with Crippen molar-refractivity contribution in [3.63, 3.8) is 0 Å². The molecular weight excluding hydrogens is 320 g/mol. The van der Waals surface area contributed by atoms with Crippen LogP contribution in [0.2, 0.25) is 0 Å². The Morgan fingerprint density at radius 1 is 1.29 bits per heavy atom. The van der Waals surface area contributed by atoms with Crippen LogP contribution < -0.4 is 10.5 Å². The van der Waals surface area contributed by atoms with E-state index in [1.165, 1.54) is 21.4 Å². The van der Waals surface area contributed by atoms with Crippen molar-refractivity contribution in [3.8, 4) is 0 Å². The largest absolute Gasteiger partial charge is 0.340 e. The number of aromatic nitrogens is 3. The molecule has 0 radical (unpaired) electrons. The van der Waals surface area contributed by atoms with Crippen molar-refractivity contribution < 1.29 is 0 Å². The zero-order valence-electron chi connectivity index (χ0n) is 13.7. The molecule has 3 heterocycles. The zero-order chi connectivity index (χ0) is 16.5. The van der Waals surface area contributed by atoms with Gasteiger partial charge < -0.3 is 4.90 Å². The highest BCUT2D eigenvalue weighted by Gasteiger charge is 2.28. The molecule has 1 atom stereocenters. The van der Waals surface area contributed by atoms with Gasteiger partial charge in [0, 0.05) is 18.3 Å². The highest BCUT2D eigenvalue weighted by atomic mass is 32.1. The predicted molar refractivity (Wildman–Crippen MR) is 96.9 cm³/mol. The SMILES string of the molecule is CCCc1cc(=O)n2nc(N3CCCC3c3ccccc3)sc2n1. The molecule has 6 heteroatoms. The van der Waals surface area contributed by atoms with Crippen LogP contribution in [0.1, 0.15) is 43.5 Å². The number of hydrogen-bond acceptors (Lipinski definition) is 5. The number of nitrogens with zero attached hydrogens (tertiary/aromatic N) is 4. The van der Waals surface area contributed by atoms with E-state index < -0.39 is 0 Å². The molecule has 0 bridgehead atoms. The summed E-state index contributed by atoms with van der Waals surface area (Å²) < 4.78 is 1.44. The second kappa shape index (κ2) is 6.36. The lowest BCUT2D eigenvalue weighted by atomic mass is 10.1. The van der Waals surface area contributed by atoms with Crippen LogP contribution in [-0.2, 0) is 6.42 Å². The van der Waals surface area contributed by atoms with E-state index in [2.05, 4.69) is 46.2 Å². The van der Waals surface area contributed by atoms with Gasteiger partial charge in [0.25, 0.3) is 5.56 Å². The van der Waals surface area contributed by atoms with Crippen LogP contribution in [0, 0.1) is 0 Å². The second-order valence-corrected chi connectivity index (χ2v) is 7.11. The highest BCUT2D eigenvalue weighted by molar-refractivity contribution is 7.20. The first-order chi connectivity index (χ1) is 11.8.